The van der Waals surface area contributed by atoms with E-state index in [9.17, 15) is 9.50 Å². The van der Waals surface area contributed by atoms with Crippen molar-refractivity contribution in [1.29, 1.82) is 0 Å². The van der Waals surface area contributed by atoms with Gasteiger partial charge in [0.15, 0.2) is 11.6 Å². The monoisotopic (exact) mass is 256 g/mol. The Morgan fingerprint density at radius 2 is 2.06 bits per heavy atom. The van der Waals surface area contributed by atoms with Crippen molar-refractivity contribution in [2.75, 3.05) is 13.7 Å². The van der Waals surface area contributed by atoms with Gasteiger partial charge in [-0.3, -0.25) is 0 Å². The first-order valence-corrected chi connectivity index (χ1v) is 6.25. The molecule has 2 unspecified atom stereocenters. The van der Waals surface area contributed by atoms with Crippen molar-refractivity contribution in [1.82, 2.24) is 0 Å². The molecule has 0 bridgehead atoms. The number of ether oxygens (including phenoxy) is 2. The fraction of sp³-hybridized carbons (Fsp3) is 0.571. The van der Waals surface area contributed by atoms with Crippen LogP contribution in [0, 0.1) is 5.82 Å². The van der Waals surface area contributed by atoms with Gasteiger partial charge in [0.25, 0.3) is 0 Å². The molecule has 0 aliphatic heterocycles. The van der Waals surface area contributed by atoms with Crippen LogP contribution in [0.3, 0.4) is 0 Å². The molecule has 0 aromatic heterocycles. The van der Waals surface area contributed by atoms with E-state index in [2.05, 4.69) is 0 Å². The predicted molar refractivity (Wildman–Crippen MR) is 68.4 cm³/mol. The second kappa shape index (κ2) is 7.34. The van der Waals surface area contributed by atoms with E-state index in [1.54, 1.807) is 18.2 Å². The van der Waals surface area contributed by atoms with Crippen molar-refractivity contribution in [3.63, 3.8) is 0 Å². The largest absolute Gasteiger partial charge is 0.494 e. The fourth-order valence-corrected chi connectivity index (χ4v) is 1.94. The molecule has 1 aromatic rings. The van der Waals surface area contributed by atoms with Crippen LogP contribution in [0.15, 0.2) is 18.2 Å². The van der Waals surface area contributed by atoms with Crippen LogP contribution in [0.5, 0.6) is 5.75 Å². The molecule has 0 amide bonds. The first kappa shape index (κ1) is 14.9. The minimum atomic E-state index is -0.712. The van der Waals surface area contributed by atoms with Crippen molar-refractivity contribution in [3.05, 3.63) is 29.6 Å². The van der Waals surface area contributed by atoms with E-state index in [0.717, 1.165) is 0 Å². The van der Waals surface area contributed by atoms with Crippen LogP contribution >= 0.6 is 0 Å². The zero-order valence-corrected chi connectivity index (χ0v) is 11.1. The van der Waals surface area contributed by atoms with E-state index in [4.69, 9.17) is 9.47 Å². The maximum atomic E-state index is 13.9. The summed E-state index contributed by atoms with van der Waals surface area (Å²) in [6.07, 6.45) is -0.0561. The minimum Gasteiger partial charge on any atom is -0.494 e. The molecule has 0 saturated heterocycles. The molecule has 0 spiro atoms. The van der Waals surface area contributed by atoms with Crippen LogP contribution in [0.25, 0.3) is 0 Å². The van der Waals surface area contributed by atoms with Crippen LogP contribution in [0.1, 0.15) is 25.8 Å². The highest BCUT2D eigenvalue weighted by Crippen LogP contribution is 2.22. The molecule has 0 aliphatic rings. The van der Waals surface area contributed by atoms with Crippen molar-refractivity contribution < 1.29 is 19.0 Å². The third kappa shape index (κ3) is 3.68. The van der Waals surface area contributed by atoms with Crippen LogP contribution in [-0.4, -0.2) is 31.0 Å². The Morgan fingerprint density at radius 1 is 1.33 bits per heavy atom. The van der Waals surface area contributed by atoms with E-state index in [0.29, 0.717) is 18.6 Å². The summed E-state index contributed by atoms with van der Waals surface area (Å²) in [6, 6.07) is 4.93. The van der Waals surface area contributed by atoms with Gasteiger partial charge >= 0.3 is 0 Å². The van der Waals surface area contributed by atoms with Crippen molar-refractivity contribution in [2.24, 2.45) is 0 Å². The SMILES string of the molecule is CCOC(CC)C(O)Cc1cccc(OC)c1F. The van der Waals surface area contributed by atoms with Gasteiger partial charge in [0.1, 0.15) is 0 Å². The lowest BCUT2D eigenvalue weighted by molar-refractivity contribution is -0.0337. The van der Waals surface area contributed by atoms with Gasteiger partial charge in [0.05, 0.1) is 19.3 Å². The molecule has 1 N–H and O–H groups in total. The first-order chi connectivity index (χ1) is 8.63. The lowest BCUT2D eigenvalue weighted by Gasteiger charge is -2.22. The zero-order chi connectivity index (χ0) is 13.5. The molecule has 1 aromatic carbocycles. The summed E-state index contributed by atoms with van der Waals surface area (Å²) in [5, 5.41) is 10.0. The summed E-state index contributed by atoms with van der Waals surface area (Å²) >= 11 is 0. The van der Waals surface area contributed by atoms with Gasteiger partial charge in [-0.25, -0.2) is 4.39 Å². The number of halogens is 1. The van der Waals surface area contributed by atoms with E-state index in [1.807, 2.05) is 13.8 Å². The Hall–Kier alpha value is -1.13. The molecule has 18 heavy (non-hydrogen) atoms. The summed E-state index contributed by atoms with van der Waals surface area (Å²) in [6.45, 7) is 4.35. The van der Waals surface area contributed by atoms with Gasteiger partial charge in [-0.2, -0.15) is 0 Å². The summed E-state index contributed by atoms with van der Waals surface area (Å²) < 4.78 is 24.2. The smallest absolute Gasteiger partial charge is 0.168 e. The van der Waals surface area contributed by atoms with Crippen LogP contribution in [0.2, 0.25) is 0 Å². The van der Waals surface area contributed by atoms with Gasteiger partial charge in [0, 0.05) is 13.0 Å². The van der Waals surface area contributed by atoms with E-state index in [1.165, 1.54) is 7.11 Å². The molecule has 2 atom stereocenters. The Labute approximate surface area is 108 Å². The molecule has 0 saturated carbocycles. The minimum absolute atomic E-state index is 0.198. The molecule has 4 heteroatoms. The van der Waals surface area contributed by atoms with Gasteiger partial charge in [-0.05, 0) is 25.0 Å². The molecular weight excluding hydrogens is 235 g/mol. The highest BCUT2D eigenvalue weighted by molar-refractivity contribution is 5.31. The third-order valence-corrected chi connectivity index (χ3v) is 2.90. The average Bonchev–Trinajstić information content (AvgIpc) is 2.38. The van der Waals surface area contributed by atoms with Gasteiger partial charge in [-0.15, -0.1) is 0 Å². The number of benzene rings is 1. The Balaban J connectivity index is 2.77. The number of aliphatic hydroxyl groups excluding tert-OH is 1. The highest BCUT2D eigenvalue weighted by Gasteiger charge is 2.20. The number of aliphatic hydroxyl groups is 1. The van der Waals surface area contributed by atoms with Crippen LogP contribution in [-0.2, 0) is 11.2 Å². The molecular formula is C14H21FO3. The van der Waals surface area contributed by atoms with Crippen molar-refractivity contribution in [2.45, 2.75) is 38.9 Å². The van der Waals surface area contributed by atoms with E-state index in [-0.39, 0.29) is 18.3 Å². The molecule has 0 radical (unpaired) electrons. The summed E-state index contributed by atoms with van der Waals surface area (Å²) in [5.41, 5.74) is 0.444. The number of rotatable bonds is 7. The molecule has 0 aliphatic carbocycles. The summed E-state index contributed by atoms with van der Waals surface area (Å²) in [7, 11) is 1.42. The third-order valence-electron chi connectivity index (χ3n) is 2.90. The number of hydrogen-bond acceptors (Lipinski definition) is 3. The van der Waals surface area contributed by atoms with Gasteiger partial charge in [-0.1, -0.05) is 19.1 Å². The van der Waals surface area contributed by atoms with Crippen LogP contribution < -0.4 is 4.74 Å². The Bertz CT molecular complexity index is 368. The first-order valence-electron chi connectivity index (χ1n) is 6.25. The standard InChI is InChI=1S/C14H21FO3/c1-4-12(18-5-2)11(16)9-10-7-6-8-13(17-3)14(10)15/h6-8,11-12,16H,4-5,9H2,1-3H3. The molecule has 3 nitrogen and oxygen atoms in total. The lowest BCUT2D eigenvalue weighted by atomic mass is 10.0. The Morgan fingerprint density at radius 3 is 2.61 bits per heavy atom. The summed E-state index contributed by atoms with van der Waals surface area (Å²) in [5.74, 6) is -0.213. The fourth-order valence-electron chi connectivity index (χ4n) is 1.94. The average molecular weight is 256 g/mol. The van der Waals surface area contributed by atoms with E-state index >= 15 is 0 Å². The molecule has 102 valence electrons. The zero-order valence-electron chi connectivity index (χ0n) is 11.1. The number of methoxy groups -OCH3 is 1. The van der Waals surface area contributed by atoms with Gasteiger partial charge < -0.3 is 14.6 Å². The highest BCUT2D eigenvalue weighted by atomic mass is 19.1. The molecule has 0 fully saturated rings. The molecule has 0 heterocycles. The lowest BCUT2D eigenvalue weighted by Crippen LogP contribution is -2.30. The molecule has 1 rings (SSSR count). The predicted octanol–water partition coefficient (Wildman–Crippen LogP) is 2.55. The normalized spacial score (nSPS) is 14.3. The summed E-state index contributed by atoms with van der Waals surface area (Å²) in [4.78, 5) is 0. The second-order valence-corrected chi connectivity index (χ2v) is 4.11. The quantitative estimate of drug-likeness (QED) is 0.815. The second-order valence-electron chi connectivity index (χ2n) is 4.11. The van der Waals surface area contributed by atoms with E-state index < -0.39 is 11.9 Å². The van der Waals surface area contributed by atoms with Gasteiger partial charge in [0.2, 0.25) is 0 Å². The van der Waals surface area contributed by atoms with Crippen molar-refractivity contribution in [3.8, 4) is 5.75 Å². The maximum Gasteiger partial charge on any atom is 0.168 e. The maximum absolute atomic E-state index is 13.9. The number of hydrogen-bond donors (Lipinski definition) is 1. The topological polar surface area (TPSA) is 38.7 Å². The Kier molecular flexibility index (Phi) is 6.09. The van der Waals surface area contributed by atoms with Crippen LogP contribution in [0.4, 0.5) is 4.39 Å². The van der Waals surface area contributed by atoms with Crippen molar-refractivity contribution >= 4 is 0 Å².